The number of rotatable bonds is 8. The molecule has 0 bridgehead atoms. The number of allylic oxidation sites excluding steroid dienone is 1. The number of fused-ring (bicyclic) bond motifs is 9. The highest BCUT2D eigenvalue weighted by atomic mass is 15.1. The molecule has 0 saturated carbocycles. The summed E-state index contributed by atoms with van der Waals surface area (Å²) < 4.78 is 4.97. The second-order valence-electron chi connectivity index (χ2n) is 20.0. The van der Waals surface area contributed by atoms with Crippen LogP contribution in [-0.2, 0) is 11.8 Å². The summed E-state index contributed by atoms with van der Waals surface area (Å²) in [4.78, 5) is 2.39. The van der Waals surface area contributed by atoms with E-state index in [1.807, 2.05) is 0 Å². The summed E-state index contributed by atoms with van der Waals surface area (Å²) in [5, 5.41) is 3.77. The van der Waals surface area contributed by atoms with E-state index >= 15 is 0 Å². The molecule has 0 atom stereocenters. The second-order valence-corrected chi connectivity index (χ2v) is 20.0. The van der Waals surface area contributed by atoms with Gasteiger partial charge in [-0.25, -0.2) is 0 Å². The van der Waals surface area contributed by atoms with Crippen LogP contribution in [0.5, 0.6) is 0 Å². The monoisotopic (exact) mass is 921 g/mol. The van der Waals surface area contributed by atoms with Gasteiger partial charge in [0.15, 0.2) is 0 Å². The van der Waals surface area contributed by atoms with Gasteiger partial charge in [0.1, 0.15) is 0 Å². The molecule has 0 fully saturated rings. The third-order valence-corrected chi connectivity index (χ3v) is 15.5. The van der Waals surface area contributed by atoms with E-state index in [-0.39, 0.29) is 5.41 Å². The van der Waals surface area contributed by atoms with Crippen LogP contribution in [0.15, 0.2) is 243 Å². The van der Waals surface area contributed by atoms with Gasteiger partial charge in [0.25, 0.3) is 0 Å². The number of hydrogen-bond donors (Lipinski definition) is 0. The Morgan fingerprint density at radius 3 is 1.76 bits per heavy atom. The fourth-order valence-electron chi connectivity index (χ4n) is 12.2. The van der Waals surface area contributed by atoms with Crippen molar-refractivity contribution in [3.05, 3.63) is 265 Å². The van der Waals surface area contributed by atoms with Crippen molar-refractivity contribution in [2.24, 2.45) is 0 Å². The van der Waals surface area contributed by atoms with Crippen LogP contribution in [0.3, 0.4) is 0 Å². The molecule has 2 aliphatic rings. The van der Waals surface area contributed by atoms with Crippen LogP contribution in [-0.4, -0.2) is 9.13 Å². The Hall–Kier alpha value is -8.92. The fourth-order valence-corrected chi connectivity index (χ4v) is 12.2. The van der Waals surface area contributed by atoms with E-state index < -0.39 is 0 Å². The van der Waals surface area contributed by atoms with Crippen molar-refractivity contribution >= 4 is 55.8 Å². The number of anilines is 3. The first-order valence-electron chi connectivity index (χ1n) is 25.3. The van der Waals surface area contributed by atoms with Gasteiger partial charge in [0.2, 0.25) is 0 Å². The van der Waals surface area contributed by atoms with Crippen molar-refractivity contribution in [1.82, 2.24) is 9.13 Å². The lowest BCUT2D eigenvalue weighted by Gasteiger charge is -2.28. The van der Waals surface area contributed by atoms with Crippen molar-refractivity contribution < 1.29 is 0 Å². The molecule has 2 aliphatic carbocycles. The lowest BCUT2D eigenvalue weighted by Crippen LogP contribution is -2.14. The number of hydrogen-bond acceptors (Lipinski definition) is 1. The van der Waals surface area contributed by atoms with Gasteiger partial charge >= 0.3 is 0 Å². The largest absolute Gasteiger partial charge is 0.313 e. The van der Waals surface area contributed by atoms with Crippen molar-refractivity contribution in [2.75, 3.05) is 4.90 Å². The molecule has 342 valence electrons. The number of nitrogens with zero attached hydrogens (tertiary/aromatic N) is 3. The zero-order valence-corrected chi connectivity index (χ0v) is 40.4. The maximum Gasteiger partial charge on any atom is 0.0547 e. The molecular formula is C69H51N3. The van der Waals surface area contributed by atoms with Gasteiger partial charge in [0.05, 0.1) is 22.2 Å². The minimum Gasteiger partial charge on any atom is -0.313 e. The summed E-state index contributed by atoms with van der Waals surface area (Å²) in [5.41, 5.74) is 24.4. The first-order valence-corrected chi connectivity index (χ1v) is 25.3. The van der Waals surface area contributed by atoms with Crippen molar-refractivity contribution in [3.8, 4) is 55.9 Å². The van der Waals surface area contributed by atoms with E-state index in [0.717, 1.165) is 46.6 Å². The zero-order chi connectivity index (χ0) is 47.9. The predicted molar refractivity (Wildman–Crippen MR) is 304 cm³/mol. The molecule has 0 N–H and O–H groups in total. The summed E-state index contributed by atoms with van der Waals surface area (Å²) in [5.74, 6) is 0. The topological polar surface area (TPSA) is 13.1 Å². The van der Waals surface area contributed by atoms with Gasteiger partial charge in [-0.1, -0.05) is 166 Å². The van der Waals surface area contributed by atoms with Crippen LogP contribution in [0, 0.1) is 0 Å². The van der Waals surface area contributed by atoms with E-state index in [0.29, 0.717) is 0 Å². The summed E-state index contributed by atoms with van der Waals surface area (Å²) in [6.07, 6.45) is 6.73. The third kappa shape index (κ3) is 6.65. The number of benzene rings is 10. The maximum absolute atomic E-state index is 2.49. The smallest absolute Gasteiger partial charge is 0.0547 e. The van der Waals surface area contributed by atoms with Gasteiger partial charge in [-0.15, -0.1) is 0 Å². The second kappa shape index (κ2) is 16.6. The van der Waals surface area contributed by atoms with Crippen LogP contribution < -0.4 is 4.90 Å². The van der Waals surface area contributed by atoms with Gasteiger partial charge in [-0.2, -0.15) is 0 Å². The van der Waals surface area contributed by atoms with E-state index in [1.165, 1.54) is 94.3 Å². The van der Waals surface area contributed by atoms with Gasteiger partial charge in [-0.05, 0) is 160 Å². The average molecular weight is 922 g/mol. The number of aromatic nitrogens is 2. The van der Waals surface area contributed by atoms with Gasteiger partial charge < -0.3 is 14.0 Å². The average Bonchev–Trinajstić information content (AvgIpc) is 4.04. The highest BCUT2D eigenvalue weighted by Crippen LogP contribution is 2.50. The summed E-state index contributed by atoms with van der Waals surface area (Å²) >= 11 is 0. The Morgan fingerprint density at radius 1 is 0.389 bits per heavy atom. The molecule has 0 aliphatic heterocycles. The molecule has 10 aromatic carbocycles. The zero-order valence-electron chi connectivity index (χ0n) is 40.4. The van der Waals surface area contributed by atoms with E-state index in [2.05, 4.69) is 277 Å². The molecule has 2 aromatic heterocycles. The quantitative estimate of drug-likeness (QED) is 0.148. The predicted octanol–water partition coefficient (Wildman–Crippen LogP) is 18.5. The molecule has 14 rings (SSSR count). The van der Waals surface area contributed by atoms with Crippen molar-refractivity contribution in [3.63, 3.8) is 0 Å². The lowest BCUT2D eigenvalue weighted by molar-refractivity contribution is 0.660. The first kappa shape index (κ1) is 42.0. The first-order chi connectivity index (χ1) is 35.5. The molecular weight excluding hydrogens is 871 g/mol. The molecule has 0 saturated heterocycles. The van der Waals surface area contributed by atoms with Crippen LogP contribution in [0.4, 0.5) is 17.1 Å². The maximum atomic E-state index is 2.49. The van der Waals surface area contributed by atoms with Crippen LogP contribution in [0.2, 0.25) is 0 Å². The molecule has 12 aromatic rings. The molecule has 3 heteroatoms. The Kier molecular flexibility index (Phi) is 9.69. The fraction of sp³-hybridized carbons (Fsp3) is 0.0725. The molecule has 0 radical (unpaired) electrons. The standard InChI is InChI=1S/C69H51N3/c1-69(2)62-30-16-12-27-56(62)60-45-54(36-38-63(60)69)72-65-32-18-14-28-57(65)59-37-34-47(44-68(59)72)49-40-48(46-35-39-67-61(43-46)58-29-15-19-33-66(58)71(67)53-24-10-5-11-25-53)41-50(42-49)55-26-13-17-31-64(55)70(51-20-6-3-7-21-51)52-22-8-4-9-23-52/h3-18,20-32,34-45H,19,33H2,1-2H3. The van der Waals surface area contributed by atoms with Crippen LogP contribution in [0.25, 0.3) is 94.7 Å². The molecule has 72 heavy (non-hydrogen) atoms. The highest BCUT2D eigenvalue weighted by Gasteiger charge is 2.35. The summed E-state index contributed by atoms with van der Waals surface area (Å²) in [6, 6.07) is 87.6. The van der Waals surface area contributed by atoms with E-state index in [4.69, 9.17) is 0 Å². The molecule has 2 heterocycles. The Bertz CT molecular complexity index is 4070. The van der Waals surface area contributed by atoms with E-state index in [1.54, 1.807) is 0 Å². The minimum atomic E-state index is -0.0640. The van der Waals surface area contributed by atoms with Crippen LogP contribution >= 0.6 is 0 Å². The third-order valence-electron chi connectivity index (χ3n) is 15.5. The van der Waals surface area contributed by atoms with Crippen molar-refractivity contribution in [1.29, 1.82) is 0 Å². The van der Waals surface area contributed by atoms with Gasteiger partial charge in [0, 0.05) is 61.1 Å². The Balaban J connectivity index is 0.994. The summed E-state index contributed by atoms with van der Waals surface area (Å²) in [7, 11) is 0. The van der Waals surface area contributed by atoms with E-state index in [9.17, 15) is 0 Å². The Morgan fingerprint density at radius 2 is 0.986 bits per heavy atom. The van der Waals surface area contributed by atoms with Gasteiger partial charge in [-0.3, -0.25) is 0 Å². The summed E-state index contributed by atoms with van der Waals surface area (Å²) in [6.45, 7) is 4.71. The Labute approximate surface area is 420 Å². The number of para-hydroxylation sites is 5. The molecule has 0 unspecified atom stereocenters. The normalized spacial score (nSPS) is 13.4. The van der Waals surface area contributed by atoms with Crippen molar-refractivity contribution in [2.45, 2.75) is 32.1 Å². The SMILES string of the molecule is CC1(C)c2ccccc2-c2cc(-n3c4ccccc4c4ccc(-c5cc(-c6ccc7c(c6)c6c(n7-c7ccccc7)CCC=C6)cc(-c6ccccc6N(c6ccccc6)c6ccccc6)c5)cc43)ccc21. The van der Waals surface area contributed by atoms with Crippen LogP contribution in [0.1, 0.15) is 42.7 Å². The molecule has 3 nitrogen and oxygen atoms in total. The molecule has 0 amide bonds. The lowest BCUT2D eigenvalue weighted by atomic mass is 9.82. The minimum absolute atomic E-state index is 0.0640. The highest BCUT2D eigenvalue weighted by molar-refractivity contribution is 6.10. The molecule has 0 spiro atoms.